The Morgan fingerprint density at radius 1 is 0.591 bits per heavy atom. The quantitative estimate of drug-likeness (QED) is 0.397. The lowest BCUT2D eigenvalue weighted by atomic mass is 10.5. The Hall–Kier alpha value is -1.25. The molecule has 0 aromatic carbocycles. The van der Waals surface area contributed by atoms with Gasteiger partial charge in [0.2, 0.25) is 0 Å². The zero-order chi connectivity index (χ0) is 15.0. The highest BCUT2D eigenvalue weighted by Gasteiger charge is 1.97. The van der Waals surface area contributed by atoms with Crippen LogP contribution in [0.5, 0.6) is 0 Å². The molecule has 3 aromatic rings. The average molecular weight is 358 g/mol. The predicted molar refractivity (Wildman–Crippen MR) is 107 cm³/mol. The molecule has 0 nitrogen and oxygen atoms in total. The highest BCUT2D eigenvalue weighted by molar-refractivity contribution is 7.67. The van der Waals surface area contributed by atoms with E-state index in [1.165, 1.54) is 14.6 Å². The van der Waals surface area contributed by atoms with Crippen molar-refractivity contribution in [1.82, 2.24) is 0 Å². The van der Waals surface area contributed by atoms with Gasteiger partial charge in [0.05, 0.1) is 0 Å². The van der Waals surface area contributed by atoms with Crippen LogP contribution in [0, 0.1) is 0 Å². The molecule has 0 saturated heterocycles. The SMILES string of the molecule is C(=C/P(/C=C\c1cccs1)/C=C\c1cccs1)/c1cccs1. The molecule has 3 heterocycles. The van der Waals surface area contributed by atoms with Crippen LogP contribution in [0.25, 0.3) is 18.2 Å². The van der Waals surface area contributed by atoms with Crippen molar-refractivity contribution < 1.29 is 0 Å². The van der Waals surface area contributed by atoms with Gasteiger partial charge < -0.3 is 0 Å². The molecule has 0 bridgehead atoms. The maximum atomic E-state index is 2.31. The van der Waals surface area contributed by atoms with Gasteiger partial charge in [-0.2, -0.15) is 0 Å². The van der Waals surface area contributed by atoms with Crippen molar-refractivity contribution in [3.05, 3.63) is 84.6 Å². The van der Waals surface area contributed by atoms with Gasteiger partial charge in [0.1, 0.15) is 0 Å². The molecular formula is C18H15PS3. The lowest BCUT2D eigenvalue weighted by Gasteiger charge is -2.01. The van der Waals surface area contributed by atoms with Crippen LogP contribution in [0.4, 0.5) is 0 Å². The normalized spacial score (nSPS) is 12.4. The summed E-state index contributed by atoms with van der Waals surface area (Å²) in [4.78, 5) is 3.92. The molecular weight excluding hydrogens is 343 g/mol. The fourth-order valence-corrected chi connectivity index (χ4v) is 5.24. The third kappa shape index (κ3) is 4.89. The second-order valence-corrected chi connectivity index (χ2v) is 9.17. The van der Waals surface area contributed by atoms with E-state index in [4.69, 9.17) is 0 Å². The van der Waals surface area contributed by atoms with Crippen LogP contribution in [0.2, 0.25) is 0 Å². The molecule has 0 aliphatic heterocycles. The maximum absolute atomic E-state index is 2.31. The first kappa shape index (κ1) is 15.6. The molecule has 0 N–H and O–H groups in total. The van der Waals surface area contributed by atoms with E-state index in [1.54, 1.807) is 34.0 Å². The fourth-order valence-electron chi connectivity index (χ4n) is 1.79. The van der Waals surface area contributed by atoms with Gasteiger partial charge in [-0.25, -0.2) is 0 Å². The molecule has 22 heavy (non-hydrogen) atoms. The van der Waals surface area contributed by atoms with E-state index in [0.717, 1.165) is 0 Å². The summed E-state index contributed by atoms with van der Waals surface area (Å²) in [5, 5.41) is 6.35. The molecule has 0 unspecified atom stereocenters. The van der Waals surface area contributed by atoms with Crippen molar-refractivity contribution in [3.63, 3.8) is 0 Å². The van der Waals surface area contributed by atoms with Gasteiger partial charge in [-0.1, -0.05) is 35.7 Å². The second-order valence-electron chi connectivity index (χ2n) is 4.44. The molecule has 0 spiro atoms. The second kappa shape index (κ2) is 8.40. The topological polar surface area (TPSA) is 0 Å². The average Bonchev–Trinajstić information content (AvgIpc) is 3.29. The van der Waals surface area contributed by atoms with E-state index in [0.29, 0.717) is 0 Å². The molecule has 0 aliphatic carbocycles. The third-order valence-corrected chi connectivity index (χ3v) is 6.86. The minimum Gasteiger partial charge on any atom is -0.144 e. The molecule has 4 heteroatoms. The molecule has 0 fully saturated rings. The van der Waals surface area contributed by atoms with Crippen LogP contribution >= 0.6 is 41.9 Å². The van der Waals surface area contributed by atoms with Crippen LogP contribution in [-0.4, -0.2) is 0 Å². The van der Waals surface area contributed by atoms with Gasteiger partial charge in [0, 0.05) is 14.6 Å². The lowest BCUT2D eigenvalue weighted by molar-refractivity contribution is 1.95. The van der Waals surface area contributed by atoms with Gasteiger partial charge in [0.25, 0.3) is 0 Å². The predicted octanol–water partition coefficient (Wildman–Crippen LogP) is 7.67. The van der Waals surface area contributed by atoms with Gasteiger partial charge in [0.15, 0.2) is 0 Å². The summed E-state index contributed by atoms with van der Waals surface area (Å²) < 4.78 is 0. The van der Waals surface area contributed by atoms with E-state index in [1.807, 2.05) is 0 Å². The molecule has 110 valence electrons. The number of rotatable bonds is 6. The first-order chi connectivity index (χ1) is 10.9. The van der Waals surface area contributed by atoms with Crippen molar-refractivity contribution in [3.8, 4) is 0 Å². The Bertz CT molecular complexity index is 627. The summed E-state index contributed by atoms with van der Waals surface area (Å²) in [6.45, 7) is 0. The molecule has 0 radical (unpaired) electrons. The van der Waals surface area contributed by atoms with Gasteiger partial charge in [-0.15, -0.1) is 34.0 Å². The minimum atomic E-state index is -0.397. The number of thiophene rings is 3. The van der Waals surface area contributed by atoms with Crippen LogP contribution in [0.3, 0.4) is 0 Å². The van der Waals surface area contributed by atoms with Crippen molar-refractivity contribution in [2.45, 2.75) is 0 Å². The third-order valence-electron chi connectivity index (χ3n) is 2.86. The zero-order valence-corrected chi connectivity index (χ0v) is 15.2. The van der Waals surface area contributed by atoms with Crippen molar-refractivity contribution in [2.75, 3.05) is 0 Å². The van der Waals surface area contributed by atoms with Crippen LogP contribution < -0.4 is 0 Å². The Balaban J connectivity index is 1.75. The molecule has 0 saturated carbocycles. The maximum Gasteiger partial charge on any atom is 0.0270 e. The van der Waals surface area contributed by atoms with Crippen LogP contribution in [-0.2, 0) is 0 Å². The van der Waals surface area contributed by atoms with Crippen molar-refractivity contribution >= 4 is 60.2 Å². The Kier molecular flexibility index (Phi) is 5.97. The highest BCUT2D eigenvalue weighted by atomic mass is 32.1. The van der Waals surface area contributed by atoms with E-state index in [-0.39, 0.29) is 0 Å². The fraction of sp³-hybridized carbons (Fsp3) is 0. The molecule has 0 aliphatic rings. The summed E-state index contributed by atoms with van der Waals surface area (Å²) in [5.74, 6) is 6.94. The molecule has 0 amide bonds. The van der Waals surface area contributed by atoms with Crippen molar-refractivity contribution in [2.24, 2.45) is 0 Å². The minimum absolute atomic E-state index is 0.397. The van der Waals surface area contributed by atoms with Crippen LogP contribution in [0.15, 0.2) is 70.0 Å². The standard InChI is InChI=1S/C18H15PS3/c1-4-16(20-13-1)7-10-19(11-8-17-5-2-14-21-17)12-9-18-6-3-15-22-18/h1-15H/b10-7-,11-8-,12-9-. The first-order valence-corrected chi connectivity index (χ1v) is 11.0. The number of hydrogen-bond acceptors (Lipinski definition) is 3. The summed E-state index contributed by atoms with van der Waals surface area (Å²) in [6.07, 6.45) is 6.69. The summed E-state index contributed by atoms with van der Waals surface area (Å²) in [7, 11) is -0.397. The van der Waals surface area contributed by atoms with E-state index < -0.39 is 7.92 Å². The van der Waals surface area contributed by atoms with E-state index >= 15 is 0 Å². The first-order valence-electron chi connectivity index (χ1n) is 6.83. The van der Waals surface area contributed by atoms with Gasteiger partial charge >= 0.3 is 0 Å². The Labute approximate surface area is 144 Å². The van der Waals surface area contributed by atoms with Crippen LogP contribution in [0.1, 0.15) is 14.6 Å². The summed E-state index contributed by atoms with van der Waals surface area (Å²) >= 11 is 5.33. The van der Waals surface area contributed by atoms with Crippen molar-refractivity contribution in [1.29, 1.82) is 0 Å². The molecule has 3 rings (SSSR count). The largest absolute Gasteiger partial charge is 0.144 e. The zero-order valence-electron chi connectivity index (χ0n) is 11.8. The molecule has 0 atom stereocenters. The number of hydrogen-bond donors (Lipinski definition) is 0. The lowest BCUT2D eigenvalue weighted by Crippen LogP contribution is -1.62. The smallest absolute Gasteiger partial charge is 0.0270 e. The Morgan fingerprint density at radius 2 is 0.955 bits per heavy atom. The Morgan fingerprint density at radius 3 is 1.23 bits per heavy atom. The highest BCUT2D eigenvalue weighted by Crippen LogP contribution is 2.43. The van der Waals surface area contributed by atoms with E-state index in [9.17, 15) is 0 Å². The molecule has 3 aromatic heterocycles. The van der Waals surface area contributed by atoms with Gasteiger partial charge in [-0.3, -0.25) is 0 Å². The van der Waals surface area contributed by atoms with E-state index in [2.05, 4.69) is 88.2 Å². The summed E-state index contributed by atoms with van der Waals surface area (Å²) in [6, 6.07) is 12.7. The monoisotopic (exact) mass is 358 g/mol. The summed E-state index contributed by atoms with van der Waals surface area (Å²) in [5.41, 5.74) is 0. The van der Waals surface area contributed by atoms with Gasteiger partial charge in [-0.05, 0) is 60.5 Å².